The van der Waals surface area contributed by atoms with Crippen LogP contribution in [0, 0.1) is 0 Å². The Morgan fingerprint density at radius 3 is 2.23 bits per heavy atom. The summed E-state index contributed by atoms with van der Waals surface area (Å²) in [6.45, 7) is 4.80. The van der Waals surface area contributed by atoms with Crippen LogP contribution in [0.1, 0.15) is 65.2 Å². The zero-order valence-electron chi connectivity index (χ0n) is 24.3. The summed E-state index contributed by atoms with van der Waals surface area (Å²) in [7, 11) is 0. The van der Waals surface area contributed by atoms with Crippen molar-refractivity contribution in [1.29, 1.82) is 0 Å². The van der Waals surface area contributed by atoms with Crippen molar-refractivity contribution in [2.45, 2.75) is 101 Å². The van der Waals surface area contributed by atoms with Gasteiger partial charge in [-0.05, 0) is 37.1 Å². The van der Waals surface area contributed by atoms with E-state index < -0.39 is 53.6 Å². The Kier molecular flexibility index (Phi) is 11.3. The molecule has 1 aliphatic heterocycles. The Balaban J connectivity index is 1.68. The normalized spacial score (nSPS) is 23.8. The van der Waals surface area contributed by atoms with Crippen molar-refractivity contribution in [3.05, 3.63) is 35.1 Å². The number of hydrogen-bond acceptors (Lipinski definition) is 12. The summed E-state index contributed by atoms with van der Waals surface area (Å²) in [5.41, 5.74) is -0.907. The fourth-order valence-corrected chi connectivity index (χ4v) is 6.55. The molecule has 1 amide bonds. The van der Waals surface area contributed by atoms with E-state index in [1.807, 2.05) is 4.57 Å². The molecule has 1 saturated carbocycles. The number of rotatable bonds is 11. The molecule has 234 valence electrons. The van der Waals surface area contributed by atoms with Gasteiger partial charge in [-0.25, -0.2) is 0 Å². The highest BCUT2D eigenvalue weighted by molar-refractivity contribution is 7.99. The quantitative estimate of drug-likeness (QED) is 0.283. The summed E-state index contributed by atoms with van der Waals surface area (Å²) in [4.78, 5) is 48.2. The lowest BCUT2D eigenvalue weighted by Gasteiger charge is -2.44. The first-order valence-electron chi connectivity index (χ1n) is 13.9. The molecule has 2 aliphatic rings. The summed E-state index contributed by atoms with van der Waals surface area (Å²) in [5, 5.41) is 12.8. The minimum atomic E-state index is -1.18. The topological polar surface area (TPSA) is 157 Å². The number of halogens is 1. The number of aromatic nitrogens is 3. The third kappa shape index (κ3) is 8.83. The van der Waals surface area contributed by atoms with Gasteiger partial charge >= 0.3 is 17.9 Å². The average Bonchev–Trinajstić information content (AvgIpc) is 3.59. The predicted molar refractivity (Wildman–Crippen MR) is 153 cm³/mol. The van der Waals surface area contributed by atoms with Crippen molar-refractivity contribution in [3.63, 3.8) is 0 Å². The molecule has 4 rings (SSSR count). The number of ether oxygens (including phenoxy) is 5. The van der Waals surface area contributed by atoms with Crippen LogP contribution in [0.3, 0.4) is 0 Å². The summed E-state index contributed by atoms with van der Waals surface area (Å²) in [6.07, 6.45) is 0.567. The highest BCUT2D eigenvalue weighted by Crippen LogP contribution is 2.39. The molecule has 1 aromatic carbocycles. The summed E-state index contributed by atoms with van der Waals surface area (Å²) >= 11 is 7.17. The Morgan fingerprint density at radius 2 is 1.63 bits per heavy atom. The second-order valence-corrected chi connectivity index (χ2v) is 11.8. The van der Waals surface area contributed by atoms with Gasteiger partial charge in [0.05, 0.1) is 0 Å². The molecule has 0 bridgehead atoms. The monoisotopic (exact) mass is 638 g/mol. The van der Waals surface area contributed by atoms with Gasteiger partial charge in [0.2, 0.25) is 5.91 Å². The summed E-state index contributed by atoms with van der Waals surface area (Å²) in [6, 6.07) is 6.14. The van der Waals surface area contributed by atoms with E-state index in [-0.39, 0.29) is 19.3 Å². The number of amides is 1. The second kappa shape index (κ2) is 14.9. The second-order valence-electron chi connectivity index (χ2n) is 10.3. The third-order valence-electron chi connectivity index (χ3n) is 6.90. The zero-order chi connectivity index (χ0) is 31.1. The molecular formula is C28H35ClN4O9S. The minimum absolute atomic E-state index is 0.110. The molecule has 1 aliphatic carbocycles. The Hall–Kier alpha value is -3.36. The van der Waals surface area contributed by atoms with Crippen molar-refractivity contribution in [1.82, 2.24) is 20.1 Å². The number of hydrogen-bond donors (Lipinski definition) is 1. The van der Waals surface area contributed by atoms with Gasteiger partial charge in [-0.1, -0.05) is 36.2 Å². The van der Waals surface area contributed by atoms with Crippen LogP contribution in [-0.2, 0) is 44.7 Å². The van der Waals surface area contributed by atoms with Gasteiger partial charge < -0.3 is 29.0 Å². The molecule has 1 saturated heterocycles. The highest BCUT2D eigenvalue weighted by Gasteiger charge is 2.51. The number of nitrogens with zero attached hydrogens (tertiary/aromatic N) is 3. The number of esters is 3. The molecule has 43 heavy (non-hydrogen) atoms. The van der Waals surface area contributed by atoms with Crippen LogP contribution in [0.15, 0.2) is 29.4 Å². The lowest BCUT2D eigenvalue weighted by Crippen LogP contribution is -2.65. The molecular weight excluding hydrogens is 604 g/mol. The van der Waals surface area contributed by atoms with Gasteiger partial charge in [-0.15, -0.1) is 10.2 Å². The number of thioether (sulfide) groups is 1. The third-order valence-corrected chi connectivity index (χ3v) is 8.28. The molecule has 13 nitrogen and oxygen atoms in total. The largest absolute Gasteiger partial charge is 0.486 e. The van der Waals surface area contributed by atoms with Crippen LogP contribution in [-0.4, -0.2) is 75.0 Å². The molecule has 2 heterocycles. The van der Waals surface area contributed by atoms with Crippen LogP contribution >= 0.6 is 23.4 Å². The van der Waals surface area contributed by atoms with E-state index in [0.717, 1.165) is 25.7 Å². The molecule has 5 atom stereocenters. The Morgan fingerprint density at radius 1 is 0.977 bits per heavy atom. The fraction of sp³-hybridized carbons (Fsp3) is 0.571. The van der Waals surface area contributed by atoms with Gasteiger partial charge in [0.1, 0.15) is 36.5 Å². The molecule has 0 radical (unpaired) electrons. The smallest absolute Gasteiger partial charge is 0.303 e. The van der Waals surface area contributed by atoms with Crippen molar-refractivity contribution in [2.24, 2.45) is 0 Å². The van der Waals surface area contributed by atoms with Crippen LogP contribution in [0.4, 0.5) is 0 Å². The molecule has 0 spiro atoms. The van der Waals surface area contributed by atoms with E-state index in [1.54, 1.807) is 24.3 Å². The Bertz CT molecular complexity index is 1300. The predicted octanol–water partition coefficient (Wildman–Crippen LogP) is 3.37. The molecule has 2 aromatic rings. The zero-order valence-corrected chi connectivity index (χ0v) is 25.9. The Labute approximate surface area is 258 Å². The van der Waals surface area contributed by atoms with Crippen LogP contribution in [0.2, 0.25) is 5.02 Å². The van der Waals surface area contributed by atoms with E-state index in [2.05, 4.69) is 15.5 Å². The van der Waals surface area contributed by atoms with Crippen molar-refractivity contribution >= 4 is 47.2 Å². The van der Waals surface area contributed by atoms with E-state index in [1.165, 1.54) is 39.5 Å². The van der Waals surface area contributed by atoms with Crippen LogP contribution in [0.5, 0.6) is 5.75 Å². The number of benzene rings is 1. The SMILES string of the molecule is CC(=O)N[C@@H]1[C@@H](OC(C)=O)[C@H](OC(C)=O)[C@H](COC(C)=O)O[C@@H]1Sc1nnc(COc2ccc(Cl)cc2)n1C1CCCC1. The minimum Gasteiger partial charge on any atom is -0.486 e. The maximum Gasteiger partial charge on any atom is 0.303 e. The van der Waals surface area contributed by atoms with Crippen molar-refractivity contribution in [2.75, 3.05) is 6.61 Å². The lowest BCUT2D eigenvalue weighted by molar-refractivity contribution is -0.211. The van der Waals surface area contributed by atoms with E-state index >= 15 is 0 Å². The van der Waals surface area contributed by atoms with Gasteiger partial charge in [-0.2, -0.15) is 0 Å². The van der Waals surface area contributed by atoms with E-state index in [4.69, 9.17) is 35.3 Å². The van der Waals surface area contributed by atoms with Gasteiger partial charge in [0.15, 0.2) is 23.2 Å². The van der Waals surface area contributed by atoms with Crippen LogP contribution in [0.25, 0.3) is 0 Å². The molecule has 0 unspecified atom stereocenters. The average molecular weight is 639 g/mol. The number of nitrogens with one attached hydrogen (secondary N) is 1. The lowest BCUT2D eigenvalue weighted by atomic mass is 9.97. The first-order valence-corrected chi connectivity index (χ1v) is 15.2. The molecule has 1 aromatic heterocycles. The number of carbonyl (C=O) groups is 4. The maximum atomic E-state index is 12.3. The van der Waals surface area contributed by atoms with Crippen LogP contribution < -0.4 is 10.1 Å². The number of carbonyl (C=O) groups excluding carboxylic acids is 4. The first-order chi connectivity index (χ1) is 20.5. The summed E-state index contributed by atoms with van der Waals surface area (Å²) < 4.78 is 30.6. The van der Waals surface area contributed by atoms with Gasteiger partial charge in [-0.3, -0.25) is 23.7 Å². The summed E-state index contributed by atoms with van der Waals surface area (Å²) in [5.74, 6) is -1.11. The first kappa shape index (κ1) is 32.6. The van der Waals surface area contributed by atoms with Crippen molar-refractivity contribution < 1.29 is 42.9 Å². The molecule has 15 heteroatoms. The fourth-order valence-electron chi connectivity index (χ4n) is 5.19. The van der Waals surface area contributed by atoms with Crippen molar-refractivity contribution in [3.8, 4) is 5.75 Å². The van der Waals surface area contributed by atoms with E-state index in [0.29, 0.717) is 21.8 Å². The van der Waals surface area contributed by atoms with Gasteiger partial charge in [0, 0.05) is 38.8 Å². The molecule has 2 fully saturated rings. The van der Waals surface area contributed by atoms with E-state index in [9.17, 15) is 19.2 Å². The molecule has 1 N–H and O–H groups in total. The standard InChI is InChI=1S/C28H35ClN4O9S/c1-15(34)30-24-26(41-18(4)37)25(40-17(3)36)22(13-38-16(2)35)42-27(24)43-28-32-31-23(33(28)20-7-5-6-8-20)14-39-21-11-9-19(29)10-12-21/h9-12,20,22,24-27H,5-8,13-14H2,1-4H3,(H,30,34)/t22-,24+,25+,26+,27+/m0/s1. The van der Waals surface area contributed by atoms with Gasteiger partial charge in [0.25, 0.3) is 0 Å². The maximum absolute atomic E-state index is 12.3. The highest BCUT2D eigenvalue weighted by atomic mass is 35.5.